The summed E-state index contributed by atoms with van der Waals surface area (Å²) in [4.78, 5) is 23.4. The molecule has 26 heavy (non-hydrogen) atoms. The Morgan fingerprint density at radius 1 is 1.12 bits per heavy atom. The van der Waals surface area contributed by atoms with Crippen molar-refractivity contribution < 1.29 is 22.7 Å². The van der Waals surface area contributed by atoms with E-state index in [9.17, 15) is 18.0 Å². The van der Waals surface area contributed by atoms with E-state index in [-0.39, 0.29) is 30.3 Å². The fraction of sp³-hybridized carbons (Fsp3) is 0.556. The van der Waals surface area contributed by atoms with Gasteiger partial charge in [0.1, 0.15) is 0 Å². The number of rotatable bonds is 7. The quantitative estimate of drug-likeness (QED) is 0.732. The molecule has 1 N–H and O–H groups in total. The number of benzene rings is 1. The van der Waals surface area contributed by atoms with Crippen LogP contribution in [-0.4, -0.2) is 44.3 Å². The highest BCUT2D eigenvalue weighted by Crippen LogP contribution is 2.22. The summed E-state index contributed by atoms with van der Waals surface area (Å²) in [6.07, 6.45) is 3.80. The van der Waals surface area contributed by atoms with Crippen LogP contribution in [0.5, 0.6) is 0 Å². The first-order valence-corrected chi connectivity index (χ1v) is 10.4. The number of nitrogens with zero attached hydrogens (tertiary/aromatic N) is 1. The summed E-state index contributed by atoms with van der Waals surface area (Å²) in [5, 5.41) is 2.64. The van der Waals surface area contributed by atoms with Crippen LogP contribution in [0.2, 0.25) is 0 Å². The van der Waals surface area contributed by atoms with Crippen LogP contribution >= 0.6 is 0 Å². The molecule has 144 valence electrons. The lowest BCUT2D eigenvalue weighted by molar-refractivity contribution is -0.144. The largest absolute Gasteiger partial charge is 0.466 e. The molecule has 0 bridgehead atoms. The molecule has 1 aromatic rings. The molecular weight excluding hydrogens is 356 g/mol. The number of carbonyl (C=O) groups excluding carboxylic acids is 2. The van der Waals surface area contributed by atoms with Crippen molar-refractivity contribution in [3.63, 3.8) is 0 Å². The topological polar surface area (TPSA) is 92.8 Å². The Kier molecular flexibility index (Phi) is 7.59. The normalized spacial score (nSPS) is 15.9. The zero-order valence-corrected chi connectivity index (χ0v) is 15.9. The summed E-state index contributed by atoms with van der Waals surface area (Å²) < 4.78 is 31.9. The minimum absolute atomic E-state index is 0.00849. The highest BCUT2D eigenvalue weighted by Gasteiger charge is 2.25. The van der Waals surface area contributed by atoms with Gasteiger partial charge in [-0.2, -0.15) is 4.31 Å². The van der Waals surface area contributed by atoms with E-state index in [4.69, 9.17) is 4.74 Å². The maximum atomic E-state index is 12.8. The monoisotopic (exact) mass is 382 g/mol. The highest BCUT2D eigenvalue weighted by molar-refractivity contribution is 7.89. The Labute approximate surface area is 154 Å². The summed E-state index contributed by atoms with van der Waals surface area (Å²) in [7, 11) is -3.57. The van der Waals surface area contributed by atoms with Crippen molar-refractivity contribution in [3.05, 3.63) is 24.3 Å². The van der Waals surface area contributed by atoms with Gasteiger partial charge in [0, 0.05) is 25.2 Å². The maximum Gasteiger partial charge on any atom is 0.306 e. The standard InChI is InChI=1S/C18H26N2O5S/c1-2-25-18(22)11-10-17(21)19-15-8-7-9-16(14-15)26(23,24)20-12-5-3-4-6-13-20/h7-9,14H,2-6,10-13H2,1H3,(H,19,21). The van der Waals surface area contributed by atoms with Crippen LogP contribution in [0.1, 0.15) is 45.4 Å². The number of nitrogens with one attached hydrogen (secondary N) is 1. The van der Waals surface area contributed by atoms with E-state index in [1.54, 1.807) is 19.1 Å². The van der Waals surface area contributed by atoms with Crippen molar-refractivity contribution in [2.24, 2.45) is 0 Å². The molecule has 0 spiro atoms. The Morgan fingerprint density at radius 2 is 1.81 bits per heavy atom. The molecule has 1 saturated heterocycles. The third-order valence-electron chi connectivity index (χ3n) is 4.18. The molecule has 7 nitrogen and oxygen atoms in total. The van der Waals surface area contributed by atoms with Crippen molar-refractivity contribution in [3.8, 4) is 0 Å². The van der Waals surface area contributed by atoms with E-state index in [1.165, 1.54) is 16.4 Å². The maximum absolute atomic E-state index is 12.8. The van der Waals surface area contributed by atoms with Gasteiger partial charge in [0.15, 0.2) is 0 Å². The zero-order valence-electron chi connectivity index (χ0n) is 15.1. The van der Waals surface area contributed by atoms with Crippen molar-refractivity contribution in [1.82, 2.24) is 4.31 Å². The first-order valence-electron chi connectivity index (χ1n) is 8.99. The summed E-state index contributed by atoms with van der Waals surface area (Å²) in [5.41, 5.74) is 0.398. The zero-order chi connectivity index (χ0) is 19.0. The first-order chi connectivity index (χ1) is 12.4. The fourth-order valence-corrected chi connectivity index (χ4v) is 4.40. The number of sulfonamides is 1. The van der Waals surface area contributed by atoms with Gasteiger partial charge in [-0.3, -0.25) is 9.59 Å². The predicted octanol–water partition coefficient (Wildman–Crippen LogP) is 2.53. The molecule has 1 aliphatic rings. The van der Waals surface area contributed by atoms with Crippen LogP contribution in [-0.2, 0) is 24.3 Å². The van der Waals surface area contributed by atoms with Gasteiger partial charge in [0.2, 0.25) is 15.9 Å². The molecule has 1 fully saturated rings. The Morgan fingerprint density at radius 3 is 2.46 bits per heavy atom. The molecule has 0 aromatic heterocycles. The SMILES string of the molecule is CCOC(=O)CCC(=O)Nc1cccc(S(=O)(=O)N2CCCCCC2)c1. The van der Waals surface area contributed by atoms with E-state index >= 15 is 0 Å². The number of anilines is 1. The molecule has 0 radical (unpaired) electrons. The lowest BCUT2D eigenvalue weighted by Gasteiger charge is -2.20. The minimum Gasteiger partial charge on any atom is -0.466 e. The van der Waals surface area contributed by atoms with E-state index in [1.807, 2.05) is 0 Å². The van der Waals surface area contributed by atoms with Gasteiger partial charge in [0.25, 0.3) is 0 Å². The summed E-state index contributed by atoms with van der Waals surface area (Å²) >= 11 is 0. The number of hydrogen-bond donors (Lipinski definition) is 1. The van der Waals surface area contributed by atoms with Crippen LogP contribution in [0.25, 0.3) is 0 Å². The van der Waals surface area contributed by atoms with Crippen molar-refractivity contribution >= 4 is 27.6 Å². The molecule has 0 unspecified atom stereocenters. The van der Waals surface area contributed by atoms with Gasteiger partial charge in [-0.15, -0.1) is 0 Å². The average Bonchev–Trinajstić information content (AvgIpc) is 2.90. The molecule has 1 aromatic carbocycles. The molecule has 2 rings (SSSR count). The summed E-state index contributed by atoms with van der Waals surface area (Å²) in [6, 6.07) is 6.23. The van der Waals surface area contributed by atoms with Crippen molar-refractivity contribution in [2.45, 2.75) is 50.3 Å². The molecular formula is C18H26N2O5S. The van der Waals surface area contributed by atoms with Gasteiger partial charge in [0.05, 0.1) is 17.9 Å². The van der Waals surface area contributed by atoms with Crippen molar-refractivity contribution in [2.75, 3.05) is 25.0 Å². The second-order valence-electron chi connectivity index (χ2n) is 6.20. The van der Waals surface area contributed by atoms with Crippen LogP contribution in [0.15, 0.2) is 29.2 Å². The van der Waals surface area contributed by atoms with Gasteiger partial charge < -0.3 is 10.1 Å². The molecule has 8 heteroatoms. The molecule has 1 aliphatic heterocycles. The van der Waals surface area contributed by atoms with E-state index in [2.05, 4.69) is 5.32 Å². The number of carbonyl (C=O) groups is 2. The number of hydrogen-bond acceptors (Lipinski definition) is 5. The average molecular weight is 382 g/mol. The molecule has 0 saturated carbocycles. The number of amides is 1. The minimum atomic E-state index is -3.57. The Bertz CT molecular complexity index is 725. The summed E-state index contributed by atoms with van der Waals surface area (Å²) in [5.74, 6) is -0.789. The van der Waals surface area contributed by atoms with E-state index in [0.717, 1.165) is 25.7 Å². The fourth-order valence-electron chi connectivity index (χ4n) is 2.84. The Hall–Kier alpha value is -1.93. The van der Waals surface area contributed by atoms with Crippen LogP contribution in [0.3, 0.4) is 0 Å². The van der Waals surface area contributed by atoms with Crippen LogP contribution in [0.4, 0.5) is 5.69 Å². The Balaban J connectivity index is 2.02. The van der Waals surface area contributed by atoms with Gasteiger partial charge in [-0.05, 0) is 38.0 Å². The van der Waals surface area contributed by atoms with E-state index < -0.39 is 16.0 Å². The van der Waals surface area contributed by atoms with E-state index in [0.29, 0.717) is 18.8 Å². The number of ether oxygens (including phenoxy) is 1. The molecule has 0 aliphatic carbocycles. The number of esters is 1. The molecule has 1 amide bonds. The lowest BCUT2D eigenvalue weighted by atomic mass is 10.2. The second kappa shape index (κ2) is 9.68. The summed E-state index contributed by atoms with van der Waals surface area (Å²) in [6.45, 7) is 3.03. The van der Waals surface area contributed by atoms with Crippen molar-refractivity contribution in [1.29, 1.82) is 0 Å². The third-order valence-corrected chi connectivity index (χ3v) is 6.08. The molecule has 0 atom stereocenters. The smallest absolute Gasteiger partial charge is 0.306 e. The van der Waals surface area contributed by atoms with Gasteiger partial charge in [-0.1, -0.05) is 18.9 Å². The first kappa shape index (κ1) is 20.4. The highest BCUT2D eigenvalue weighted by atomic mass is 32.2. The van der Waals surface area contributed by atoms with Gasteiger partial charge in [-0.25, -0.2) is 8.42 Å². The third kappa shape index (κ3) is 5.81. The second-order valence-corrected chi connectivity index (χ2v) is 8.14. The van der Waals surface area contributed by atoms with Crippen LogP contribution < -0.4 is 5.32 Å². The van der Waals surface area contributed by atoms with Crippen LogP contribution in [0, 0.1) is 0 Å². The lowest BCUT2D eigenvalue weighted by Crippen LogP contribution is -2.32. The predicted molar refractivity (Wildman–Crippen MR) is 98.2 cm³/mol. The molecule has 1 heterocycles. The van der Waals surface area contributed by atoms with Gasteiger partial charge >= 0.3 is 5.97 Å².